The van der Waals surface area contributed by atoms with Crippen LogP contribution in [0.2, 0.25) is 0 Å². The molecule has 0 aliphatic heterocycles. The van der Waals surface area contributed by atoms with Crippen LogP contribution in [0.15, 0.2) is 65.1 Å². The van der Waals surface area contributed by atoms with Crippen LogP contribution in [0, 0.1) is 0 Å². The van der Waals surface area contributed by atoms with Gasteiger partial charge in [0, 0.05) is 30.2 Å². The van der Waals surface area contributed by atoms with Gasteiger partial charge in [0.05, 0.1) is 0 Å². The van der Waals surface area contributed by atoms with Gasteiger partial charge >= 0.3 is 5.97 Å². The maximum absolute atomic E-state index is 12.3. The number of hydrogen-bond acceptors (Lipinski definition) is 3. The van der Waals surface area contributed by atoms with Crippen molar-refractivity contribution >= 4 is 33.9 Å². The van der Waals surface area contributed by atoms with E-state index in [-0.39, 0.29) is 5.91 Å². The molecule has 5 heteroatoms. The number of benzene rings is 2. The number of rotatable bonds is 5. The second-order valence-corrected chi connectivity index (χ2v) is 6.26. The van der Waals surface area contributed by atoms with Crippen molar-refractivity contribution in [2.24, 2.45) is 0 Å². The number of nitrogens with zero attached hydrogens (tertiary/aromatic N) is 1. The summed E-state index contributed by atoms with van der Waals surface area (Å²) in [4.78, 5) is 25.8. The summed E-state index contributed by atoms with van der Waals surface area (Å²) in [5, 5.41) is 0. The molecule has 2 aromatic carbocycles. The van der Waals surface area contributed by atoms with E-state index in [1.54, 1.807) is 44.4 Å². The molecule has 2 rings (SSSR count). The first kappa shape index (κ1) is 17.9. The molecule has 4 nitrogen and oxygen atoms in total. The average molecular weight is 388 g/mol. The fourth-order valence-electron chi connectivity index (χ4n) is 2.05. The molecule has 1 amide bonds. The zero-order chi connectivity index (χ0) is 17.5. The SMILES string of the molecule is CN(C)C(=O)[C@H](OC(=O)/C=C/c1cccc(Br)c1)c1ccccc1. The summed E-state index contributed by atoms with van der Waals surface area (Å²) in [6, 6.07) is 16.5. The summed E-state index contributed by atoms with van der Waals surface area (Å²) >= 11 is 3.37. The van der Waals surface area contributed by atoms with Gasteiger partial charge in [0.2, 0.25) is 6.10 Å². The van der Waals surface area contributed by atoms with Crippen molar-refractivity contribution in [2.45, 2.75) is 6.10 Å². The Bertz CT molecular complexity index is 741. The van der Waals surface area contributed by atoms with Gasteiger partial charge in [-0.25, -0.2) is 4.79 Å². The van der Waals surface area contributed by atoms with E-state index in [0.29, 0.717) is 5.56 Å². The first-order chi connectivity index (χ1) is 11.5. The monoisotopic (exact) mass is 387 g/mol. The molecule has 1 atom stereocenters. The molecular formula is C19H18BrNO3. The molecule has 0 fully saturated rings. The number of halogens is 1. The number of esters is 1. The maximum Gasteiger partial charge on any atom is 0.331 e. The van der Waals surface area contributed by atoms with Crippen molar-refractivity contribution in [3.8, 4) is 0 Å². The van der Waals surface area contributed by atoms with Crippen molar-refractivity contribution in [1.29, 1.82) is 0 Å². The fraction of sp³-hybridized carbons (Fsp3) is 0.158. The first-order valence-corrected chi connectivity index (χ1v) is 8.17. The lowest BCUT2D eigenvalue weighted by atomic mass is 10.1. The lowest BCUT2D eigenvalue weighted by Crippen LogP contribution is -2.30. The van der Waals surface area contributed by atoms with E-state index in [0.717, 1.165) is 10.0 Å². The van der Waals surface area contributed by atoms with E-state index in [2.05, 4.69) is 15.9 Å². The Morgan fingerprint density at radius 3 is 2.42 bits per heavy atom. The second-order valence-electron chi connectivity index (χ2n) is 5.35. The van der Waals surface area contributed by atoms with Crippen LogP contribution >= 0.6 is 15.9 Å². The van der Waals surface area contributed by atoms with Gasteiger partial charge in [0.1, 0.15) is 0 Å². The van der Waals surface area contributed by atoms with Crippen molar-refractivity contribution in [3.05, 3.63) is 76.3 Å². The third-order valence-corrected chi connectivity index (χ3v) is 3.76. The van der Waals surface area contributed by atoms with Crippen molar-refractivity contribution in [1.82, 2.24) is 4.90 Å². The van der Waals surface area contributed by atoms with Crippen LogP contribution in [0.4, 0.5) is 0 Å². The molecule has 0 aromatic heterocycles. The van der Waals surface area contributed by atoms with Crippen LogP contribution in [-0.4, -0.2) is 30.9 Å². The lowest BCUT2D eigenvalue weighted by molar-refractivity contribution is -0.155. The molecule has 0 unspecified atom stereocenters. The number of amides is 1. The molecule has 0 saturated carbocycles. The molecule has 0 N–H and O–H groups in total. The lowest BCUT2D eigenvalue weighted by Gasteiger charge is -2.20. The van der Waals surface area contributed by atoms with E-state index < -0.39 is 12.1 Å². The summed E-state index contributed by atoms with van der Waals surface area (Å²) in [5.41, 5.74) is 1.50. The van der Waals surface area contributed by atoms with Gasteiger partial charge in [-0.1, -0.05) is 58.4 Å². The van der Waals surface area contributed by atoms with Crippen LogP contribution in [0.1, 0.15) is 17.2 Å². The Labute approximate surface area is 149 Å². The summed E-state index contributed by atoms with van der Waals surface area (Å²) < 4.78 is 6.30. The van der Waals surface area contributed by atoms with Gasteiger partial charge in [0.15, 0.2) is 0 Å². The zero-order valence-corrected chi connectivity index (χ0v) is 15.1. The van der Waals surface area contributed by atoms with Gasteiger partial charge in [-0.3, -0.25) is 4.79 Å². The number of carbonyl (C=O) groups is 2. The van der Waals surface area contributed by atoms with Crippen molar-refractivity contribution in [3.63, 3.8) is 0 Å². The minimum Gasteiger partial charge on any atom is -0.444 e. The summed E-state index contributed by atoms with van der Waals surface area (Å²) in [6.45, 7) is 0. The largest absolute Gasteiger partial charge is 0.444 e. The molecule has 24 heavy (non-hydrogen) atoms. The number of likely N-dealkylation sites (N-methyl/N-ethyl adjacent to an activating group) is 1. The van der Waals surface area contributed by atoms with Gasteiger partial charge < -0.3 is 9.64 Å². The van der Waals surface area contributed by atoms with E-state index >= 15 is 0 Å². The van der Waals surface area contributed by atoms with Gasteiger partial charge in [-0.05, 0) is 23.8 Å². The maximum atomic E-state index is 12.3. The predicted octanol–water partition coefficient (Wildman–Crippen LogP) is 3.84. The van der Waals surface area contributed by atoms with E-state index in [1.165, 1.54) is 11.0 Å². The minimum atomic E-state index is -0.958. The summed E-state index contributed by atoms with van der Waals surface area (Å²) in [5.74, 6) is -0.857. The minimum absolute atomic E-state index is 0.287. The summed E-state index contributed by atoms with van der Waals surface area (Å²) in [7, 11) is 3.26. The first-order valence-electron chi connectivity index (χ1n) is 7.38. The van der Waals surface area contributed by atoms with Crippen molar-refractivity contribution < 1.29 is 14.3 Å². The van der Waals surface area contributed by atoms with Crippen LogP contribution in [-0.2, 0) is 14.3 Å². The van der Waals surface area contributed by atoms with E-state index in [1.807, 2.05) is 30.3 Å². The van der Waals surface area contributed by atoms with E-state index in [4.69, 9.17) is 4.74 Å². The van der Waals surface area contributed by atoms with E-state index in [9.17, 15) is 9.59 Å². The zero-order valence-electron chi connectivity index (χ0n) is 13.5. The molecule has 2 aromatic rings. The topological polar surface area (TPSA) is 46.6 Å². The molecule has 0 saturated heterocycles. The molecule has 0 aliphatic carbocycles. The number of ether oxygens (including phenoxy) is 1. The highest BCUT2D eigenvalue weighted by Crippen LogP contribution is 2.20. The Morgan fingerprint density at radius 2 is 1.79 bits per heavy atom. The molecule has 0 aliphatic rings. The second kappa shape index (κ2) is 8.45. The number of carbonyl (C=O) groups excluding carboxylic acids is 2. The predicted molar refractivity (Wildman–Crippen MR) is 97.1 cm³/mol. The van der Waals surface area contributed by atoms with Crippen LogP contribution < -0.4 is 0 Å². The highest BCUT2D eigenvalue weighted by Gasteiger charge is 2.25. The van der Waals surface area contributed by atoms with Crippen LogP contribution in [0.3, 0.4) is 0 Å². The highest BCUT2D eigenvalue weighted by atomic mass is 79.9. The standard InChI is InChI=1S/C19H18BrNO3/c1-21(2)19(23)18(15-8-4-3-5-9-15)24-17(22)12-11-14-7-6-10-16(20)13-14/h3-13,18H,1-2H3/b12-11+/t18-/m1/s1. The highest BCUT2D eigenvalue weighted by molar-refractivity contribution is 9.10. The average Bonchev–Trinajstić information content (AvgIpc) is 2.58. The smallest absolute Gasteiger partial charge is 0.331 e. The Hall–Kier alpha value is -2.40. The molecule has 124 valence electrons. The third kappa shape index (κ3) is 5.06. The number of hydrogen-bond donors (Lipinski definition) is 0. The van der Waals surface area contributed by atoms with Gasteiger partial charge in [0.25, 0.3) is 5.91 Å². The van der Waals surface area contributed by atoms with Gasteiger partial charge in [-0.2, -0.15) is 0 Å². The Morgan fingerprint density at radius 1 is 1.08 bits per heavy atom. The van der Waals surface area contributed by atoms with Crippen LogP contribution in [0.5, 0.6) is 0 Å². The summed E-state index contributed by atoms with van der Waals surface area (Å²) in [6.07, 6.45) is 2.01. The fourth-order valence-corrected chi connectivity index (χ4v) is 2.47. The quantitative estimate of drug-likeness (QED) is 0.578. The van der Waals surface area contributed by atoms with Crippen molar-refractivity contribution in [2.75, 3.05) is 14.1 Å². The molecule has 0 heterocycles. The molecule has 0 bridgehead atoms. The Kier molecular flexibility index (Phi) is 6.32. The molecular weight excluding hydrogens is 370 g/mol. The van der Waals surface area contributed by atoms with Crippen LogP contribution in [0.25, 0.3) is 6.08 Å². The van der Waals surface area contributed by atoms with Gasteiger partial charge in [-0.15, -0.1) is 0 Å². The Balaban J connectivity index is 2.14. The molecule has 0 spiro atoms. The molecule has 0 radical (unpaired) electrons. The third-order valence-electron chi connectivity index (χ3n) is 3.26. The normalized spacial score (nSPS) is 12.0.